The Labute approximate surface area is 112 Å². The molecule has 1 heterocycles. The van der Waals surface area contributed by atoms with Crippen molar-refractivity contribution >= 4 is 11.6 Å². The molecule has 1 aromatic carbocycles. The maximum atomic E-state index is 13.4. The molecule has 1 aliphatic heterocycles. The summed E-state index contributed by atoms with van der Waals surface area (Å²) < 4.78 is 13.4. The van der Waals surface area contributed by atoms with E-state index < -0.39 is 5.82 Å². The van der Waals surface area contributed by atoms with Gasteiger partial charge in [0.25, 0.3) is 0 Å². The van der Waals surface area contributed by atoms with Gasteiger partial charge in [-0.2, -0.15) is 0 Å². The standard InChI is InChI=1S/C14H20FN3O/c1-10(2)14(16)8-18(9-14)7-13(19)17-12-6-4-3-5-11(12)15/h3-6,10H,7-9,16H2,1-2H3,(H,17,19). The molecule has 3 N–H and O–H groups in total. The number of anilines is 1. The minimum atomic E-state index is -0.421. The summed E-state index contributed by atoms with van der Waals surface area (Å²) in [6.45, 7) is 5.82. The predicted molar refractivity (Wildman–Crippen MR) is 73.2 cm³/mol. The van der Waals surface area contributed by atoms with E-state index >= 15 is 0 Å². The molecule has 0 radical (unpaired) electrons. The van der Waals surface area contributed by atoms with Gasteiger partial charge < -0.3 is 11.1 Å². The monoisotopic (exact) mass is 265 g/mol. The minimum Gasteiger partial charge on any atom is -0.323 e. The number of likely N-dealkylation sites (tertiary alicyclic amines) is 1. The van der Waals surface area contributed by atoms with Gasteiger partial charge in [-0.1, -0.05) is 26.0 Å². The van der Waals surface area contributed by atoms with E-state index in [2.05, 4.69) is 19.2 Å². The smallest absolute Gasteiger partial charge is 0.238 e. The molecule has 0 saturated carbocycles. The number of amides is 1. The minimum absolute atomic E-state index is 0.196. The van der Waals surface area contributed by atoms with Gasteiger partial charge in [0, 0.05) is 18.6 Å². The largest absolute Gasteiger partial charge is 0.323 e. The SMILES string of the molecule is CC(C)C1(N)CN(CC(=O)Nc2ccccc2F)C1. The fourth-order valence-electron chi connectivity index (χ4n) is 2.22. The van der Waals surface area contributed by atoms with Crippen LogP contribution in [-0.2, 0) is 4.79 Å². The van der Waals surface area contributed by atoms with E-state index in [-0.39, 0.29) is 23.7 Å². The summed E-state index contributed by atoms with van der Waals surface area (Å²) in [7, 11) is 0. The highest BCUT2D eigenvalue weighted by molar-refractivity contribution is 5.92. The topological polar surface area (TPSA) is 58.4 Å². The first kappa shape index (κ1) is 14.0. The molecule has 0 bridgehead atoms. The van der Waals surface area contributed by atoms with E-state index in [4.69, 9.17) is 5.73 Å². The average Bonchev–Trinajstić information content (AvgIpc) is 2.29. The molecule has 1 amide bonds. The number of nitrogens with zero attached hydrogens (tertiary/aromatic N) is 1. The Morgan fingerprint density at radius 2 is 2.11 bits per heavy atom. The molecule has 0 aromatic heterocycles. The van der Waals surface area contributed by atoms with Crippen molar-refractivity contribution < 1.29 is 9.18 Å². The molecule has 0 unspecified atom stereocenters. The Bertz CT molecular complexity index is 470. The van der Waals surface area contributed by atoms with E-state index in [1.165, 1.54) is 6.07 Å². The van der Waals surface area contributed by atoms with Crippen molar-refractivity contribution in [1.82, 2.24) is 4.90 Å². The Kier molecular flexibility index (Phi) is 3.87. The number of nitrogens with one attached hydrogen (secondary N) is 1. The van der Waals surface area contributed by atoms with Crippen LogP contribution < -0.4 is 11.1 Å². The lowest BCUT2D eigenvalue weighted by atomic mass is 9.80. The van der Waals surface area contributed by atoms with Crippen LogP contribution in [0, 0.1) is 11.7 Å². The van der Waals surface area contributed by atoms with Crippen LogP contribution in [0.15, 0.2) is 24.3 Å². The third kappa shape index (κ3) is 3.11. The number of benzene rings is 1. The van der Waals surface area contributed by atoms with Gasteiger partial charge in [-0.25, -0.2) is 4.39 Å². The fourth-order valence-corrected chi connectivity index (χ4v) is 2.22. The number of nitrogens with two attached hydrogens (primary N) is 1. The Balaban J connectivity index is 1.83. The van der Waals surface area contributed by atoms with Crippen LogP contribution in [0.5, 0.6) is 0 Å². The van der Waals surface area contributed by atoms with E-state index in [1.54, 1.807) is 18.2 Å². The molecule has 1 fully saturated rings. The van der Waals surface area contributed by atoms with Crippen molar-refractivity contribution in [2.75, 3.05) is 25.0 Å². The summed E-state index contributed by atoms with van der Waals surface area (Å²) in [6.07, 6.45) is 0. The molecule has 4 nitrogen and oxygen atoms in total. The predicted octanol–water partition coefficient (Wildman–Crippen LogP) is 1.43. The van der Waals surface area contributed by atoms with Crippen molar-refractivity contribution in [3.63, 3.8) is 0 Å². The van der Waals surface area contributed by atoms with Crippen LogP contribution in [-0.4, -0.2) is 36.0 Å². The highest BCUT2D eigenvalue weighted by Crippen LogP contribution is 2.25. The van der Waals surface area contributed by atoms with Crippen LogP contribution in [0.4, 0.5) is 10.1 Å². The van der Waals surface area contributed by atoms with Crippen LogP contribution in [0.1, 0.15) is 13.8 Å². The highest BCUT2D eigenvalue weighted by Gasteiger charge is 2.42. The van der Waals surface area contributed by atoms with Gasteiger partial charge in [-0.05, 0) is 18.1 Å². The first-order valence-electron chi connectivity index (χ1n) is 6.46. The number of carbonyl (C=O) groups excluding carboxylic acids is 1. The number of hydrogen-bond donors (Lipinski definition) is 2. The number of carbonyl (C=O) groups is 1. The third-order valence-corrected chi connectivity index (χ3v) is 3.70. The lowest BCUT2D eigenvalue weighted by Crippen LogP contribution is -2.70. The molecule has 1 aromatic rings. The molecule has 104 valence electrons. The molecule has 19 heavy (non-hydrogen) atoms. The second-order valence-corrected chi connectivity index (χ2v) is 5.56. The Morgan fingerprint density at radius 3 is 2.68 bits per heavy atom. The molecule has 0 aliphatic carbocycles. The molecule has 1 saturated heterocycles. The van der Waals surface area contributed by atoms with E-state index in [0.717, 1.165) is 0 Å². The first-order chi connectivity index (χ1) is 8.90. The normalized spacial score (nSPS) is 18.2. The van der Waals surface area contributed by atoms with Gasteiger partial charge in [0.15, 0.2) is 0 Å². The van der Waals surface area contributed by atoms with Gasteiger partial charge in [-0.15, -0.1) is 0 Å². The molecule has 0 atom stereocenters. The zero-order valence-electron chi connectivity index (χ0n) is 11.3. The zero-order chi connectivity index (χ0) is 14.0. The lowest BCUT2D eigenvalue weighted by Gasteiger charge is -2.50. The first-order valence-corrected chi connectivity index (χ1v) is 6.46. The summed E-state index contributed by atoms with van der Waals surface area (Å²) in [4.78, 5) is 13.8. The third-order valence-electron chi connectivity index (χ3n) is 3.70. The second-order valence-electron chi connectivity index (χ2n) is 5.56. The van der Waals surface area contributed by atoms with Crippen LogP contribution in [0.25, 0.3) is 0 Å². The average molecular weight is 265 g/mol. The molecule has 2 rings (SSSR count). The van der Waals surface area contributed by atoms with Gasteiger partial charge in [0.1, 0.15) is 5.82 Å². The second kappa shape index (κ2) is 5.27. The van der Waals surface area contributed by atoms with Crippen LogP contribution in [0.3, 0.4) is 0 Å². The van der Waals surface area contributed by atoms with E-state index in [0.29, 0.717) is 19.0 Å². The van der Waals surface area contributed by atoms with Gasteiger partial charge in [0.2, 0.25) is 5.91 Å². The van der Waals surface area contributed by atoms with Crippen LogP contribution in [0.2, 0.25) is 0 Å². The zero-order valence-corrected chi connectivity index (χ0v) is 11.3. The van der Waals surface area contributed by atoms with Crippen molar-refractivity contribution in [2.24, 2.45) is 11.7 Å². The summed E-state index contributed by atoms with van der Waals surface area (Å²) in [5, 5.41) is 2.57. The Morgan fingerprint density at radius 1 is 1.47 bits per heavy atom. The van der Waals surface area contributed by atoms with Gasteiger partial charge in [-0.3, -0.25) is 9.69 Å². The van der Waals surface area contributed by atoms with Crippen molar-refractivity contribution in [3.8, 4) is 0 Å². The number of rotatable bonds is 4. The molecule has 0 spiro atoms. The number of hydrogen-bond acceptors (Lipinski definition) is 3. The summed E-state index contributed by atoms with van der Waals surface area (Å²) in [5.74, 6) is -0.246. The summed E-state index contributed by atoms with van der Waals surface area (Å²) in [5.41, 5.74) is 6.18. The van der Waals surface area contributed by atoms with Crippen molar-refractivity contribution in [1.29, 1.82) is 0 Å². The van der Waals surface area contributed by atoms with Gasteiger partial charge >= 0.3 is 0 Å². The summed E-state index contributed by atoms with van der Waals surface area (Å²) >= 11 is 0. The highest BCUT2D eigenvalue weighted by atomic mass is 19.1. The fraction of sp³-hybridized carbons (Fsp3) is 0.500. The van der Waals surface area contributed by atoms with Crippen LogP contribution >= 0.6 is 0 Å². The lowest BCUT2D eigenvalue weighted by molar-refractivity contribution is -0.119. The van der Waals surface area contributed by atoms with E-state index in [9.17, 15) is 9.18 Å². The maximum Gasteiger partial charge on any atom is 0.238 e. The summed E-state index contributed by atoms with van der Waals surface area (Å²) in [6, 6.07) is 6.14. The molecular weight excluding hydrogens is 245 g/mol. The maximum absolute atomic E-state index is 13.4. The number of halogens is 1. The Hall–Kier alpha value is -1.46. The van der Waals surface area contributed by atoms with Crippen molar-refractivity contribution in [2.45, 2.75) is 19.4 Å². The quantitative estimate of drug-likeness (QED) is 0.866. The molecular formula is C14H20FN3O. The van der Waals surface area contributed by atoms with E-state index in [1.807, 2.05) is 4.90 Å². The number of para-hydroxylation sites is 1. The van der Waals surface area contributed by atoms with Crippen molar-refractivity contribution in [3.05, 3.63) is 30.1 Å². The molecule has 5 heteroatoms. The molecule has 1 aliphatic rings. The van der Waals surface area contributed by atoms with Gasteiger partial charge in [0.05, 0.1) is 12.2 Å².